The van der Waals surface area contributed by atoms with E-state index in [2.05, 4.69) is 21.3 Å². The van der Waals surface area contributed by atoms with Crippen LogP contribution in [0.5, 0.6) is 5.88 Å². The van der Waals surface area contributed by atoms with Gasteiger partial charge in [-0.25, -0.2) is 4.98 Å². The van der Waals surface area contributed by atoms with Crippen molar-refractivity contribution in [1.82, 2.24) is 15.2 Å². The average Bonchev–Trinajstić information content (AvgIpc) is 2.40. The number of hydrogen-bond donors (Lipinski definition) is 1. The quantitative estimate of drug-likeness (QED) is 0.853. The number of rotatable bonds is 4. The standard InChI is InChI=1S/C13H21N3O/c1-14-12-5-8-16(9-6-12)10-11-4-3-7-15-13(11)17-2/h3-4,7,12,14H,5-6,8-10H2,1-2H3. The Labute approximate surface area is 103 Å². The van der Waals surface area contributed by atoms with Crippen molar-refractivity contribution in [1.29, 1.82) is 0 Å². The van der Waals surface area contributed by atoms with E-state index in [9.17, 15) is 0 Å². The Kier molecular flexibility index (Phi) is 4.34. The van der Waals surface area contributed by atoms with Crippen LogP contribution in [0.4, 0.5) is 0 Å². The molecule has 94 valence electrons. The first-order chi connectivity index (χ1) is 8.33. The van der Waals surface area contributed by atoms with E-state index >= 15 is 0 Å². The minimum absolute atomic E-state index is 0.682. The normalized spacial score (nSPS) is 18.2. The summed E-state index contributed by atoms with van der Waals surface area (Å²) >= 11 is 0. The molecule has 2 rings (SSSR count). The highest BCUT2D eigenvalue weighted by atomic mass is 16.5. The van der Waals surface area contributed by atoms with Crippen LogP contribution in [0.3, 0.4) is 0 Å². The number of ether oxygens (including phenoxy) is 1. The molecule has 2 heterocycles. The van der Waals surface area contributed by atoms with Crippen LogP contribution >= 0.6 is 0 Å². The summed E-state index contributed by atoms with van der Waals surface area (Å²) in [4.78, 5) is 6.70. The maximum atomic E-state index is 5.28. The minimum Gasteiger partial charge on any atom is -0.481 e. The van der Waals surface area contributed by atoms with Crippen LogP contribution in [0, 0.1) is 0 Å². The highest BCUT2D eigenvalue weighted by molar-refractivity contribution is 5.25. The lowest BCUT2D eigenvalue weighted by Gasteiger charge is -2.31. The Morgan fingerprint density at radius 3 is 2.88 bits per heavy atom. The molecule has 0 spiro atoms. The Hall–Kier alpha value is -1.13. The molecule has 4 nitrogen and oxygen atoms in total. The third-order valence-corrected chi connectivity index (χ3v) is 3.43. The molecule has 0 aromatic carbocycles. The molecule has 0 atom stereocenters. The van der Waals surface area contributed by atoms with Crippen LogP contribution < -0.4 is 10.1 Å². The van der Waals surface area contributed by atoms with Gasteiger partial charge in [-0.15, -0.1) is 0 Å². The van der Waals surface area contributed by atoms with Crippen molar-refractivity contribution < 1.29 is 4.74 Å². The van der Waals surface area contributed by atoms with E-state index in [1.165, 1.54) is 18.4 Å². The summed E-state index contributed by atoms with van der Waals surface area (Å²) in [6.45, 7) is 3.22. The first-order valence-electron chi connectivity index (χ1n) is 6.21. The van der Waals surface area contributed by atoms with Gasteiger partial charge in [0.1, 0.15) is 0 Å². The first kappa shape index (κ1) is 12.3. The molecular formula is C13H21N3O. The van der Waals surface area contributed by atoms with E-state index in [0.29, 0.717) is 6.04 Å². The van der Waals surface area contributed by atoms with E-state index in [-0.39, 0.29) is 0 Å². The molecule has 0 unspecified atom stereocenters. The van der Waals surface area contributed by atoms with E-state index in [4.69, 9.17) is 4.74 Å². The molecule has 1 aliphatic rings. The molecule has 1 aromatic heterocycles. The molecule has 1 N–H and O–H groups in total. The number of hydrogen-bond acceptors (Lipinski definition) is 4. The lowest BCUT2D eigenvalue weighted by Crippen LogP contribution is -2.40. The molecule has 4 heteroatoms. The van der Waals surface area contributed by atoms with Gasteiger partial charge in [-0.2, -0.15) is 0 Å². The summed E-state index contributed by atoms with van der Waals surface area (Å²) in [5, 5.41) is 3.35. The molecule has 0 amide bonds. The SMILES string of the molecule is CNC1CCN(Cc2cccnc2OC)CC1. The van der Waals surface area contributed by atoms with Crippen molar-refractivity contribution in [2.45, 2.75) is 25.4 Å². The van der Waals surface area contributed by atoms with E-state index in [1.807, 2.05) is 13.1 Å². The van der Waals surface area contributed by atoms with Crippen molar-refractivity contribution in [2.75, 3.05) is 27.2 Å². The topological polar surface area (TPSA) is 37.4 Å². The third kappa shape index (κ3) is 3.17. The van der Waals surface area contributed by atoms with Crippen LogP contribution in [0.1, 0.15) is 18.4 Å². The van der Waals surface area contributed by atoms with E-state index in [0.717, 1.165) is 25.5 Å². The van der Waals surface area contributed by atoms with E-state index < -0.39 is 0 Å². The summed E-state index contributed by atoms with van der Waals surface area (Å²) < 4.78 is 5.28. The predicted octanol–water partition coefficient (Wildman–Crippen LogP) is 1.27. The number of methoxy groups -OCH3 is 1. The van der Waals surface area contributed by atoms with Crippen LogP contribution in [0.15, 0.2) is 18.3 Å². The van der Waals surface area contributed by atoms with Gasteiger partial charge in [-0.1, -0.05) is 6.07 Å². The molecule has 1 fully saturated rings. The smallest absolute Gasteiger partial charge is 0.217 e. The van der Waals surface area contributed by atoms with Crippen molar-refractivity contribution in [2.24, 2.45) is 0 Å². The fourth-order valence-corrected chi connectivity index (χ4v) is 2.35. The van der Waals surface area contributed by atoms with Gasteiger partial charge in [0.15, 0.2) is 0 Å². The molecule has 0 bridgehead atoms. The van der Waals surface area contributed by atoms with Crippen molar-refractivity contribution >= 4 is 0 Å². The summed E-state index contributed by atoms with van der Waals surface area (Å²) in [6, 6.07) is 4.75. The average molecular weight is 235 g/mol. The number of likely N-dealkylation sites (tertiary alicyclic amines) is 1. The fraction of sp³-hybridized carbons (Fsp3) is 0.615. The second-order valence-corrected chi connectivity index (χ2v) is 4.51. The molecule has 0 aliphatic carbocycles. The number of nitrogens with one attached hydrogen (secondary N) is 1. The van der Waals surface area contributed by atoms with Crippen molar-refractivity contribution in [3.63, 3.8) is 0 Å². The second-order valence-electron chi connectivity index (χ2n) is 4.51. The largest absolute Gasteiger partial charge is 0.481 e. The van der Waals surface area contributed by atoms with Crippen LogP contribution in [-0.2, 0) is 6.54 Å². The van der Waals surface area contributed by atoms with Gasteiger partial charge in [0.25, 0.3) is 0 Å². The fourth-order valence-electron chi connectivity index (χ4n) is 2.35. The third-order valence-electron chi connectivity index (χ3n) is 3.43. The second kappa shape index (κ2) is 5.98. The van der Waals surface area contributed by atoms with Gasteiger partial charge in [-0.3, -0.25) is 4.90 Å². The van der Waals surface area contributed by atoms with Crippen LogP contribution in [0.25, 0.3) is 0 Å². The van der Waals surface area contributed by atoms with Crippen molar-refractivity contribution in [3.05, 3.63) is 23.9 Å². The lowest BCUT2D eigenvalue weighted by atomic mass is 10.0. The molecule has 0 radical (unpaired) electrons. The highest BCUT2D eigenvalue weighted by Gasteiger charge is 2.18. The molecule has 1 aliphatic heterocycles. The number of piperidine rings is 1. The summed E-state index contributed by atoms with van der Waals surface area (Å²) in [7, 11) is 3.73. The molecular weight excluding hydrogens is 214 g/mol. The monoisotopic (exact) mass is 235 g/mol. The highest BCUT2D eigenvalue weighted by Crippen LogP contribution is 2.19. The Morgan fingerprint density at radius 1 is 1.47 bits per heavy atom. The van der Waals surface area contributed by atoms with Gasteiger partial charge in [0.2, 0.25) is 5.88 Å². The Balaban J connectivity index is 1.93. The number of pyridine rings is 1. The van der Waals surface area contributed by atoms with Crippen LogP contribution in [-0.4, -0.2) is 43.2 Å². The Bertz CT molecular complexity index is 348. The molecule has 1 saturated heterocycles. The van der Waals surface area contributed by atoms with E-state index in [1.54, 1.807) is 13.3 Å². The van der Waals surface area contributed by atoms with Gasteiger partial charge in [0, 0.05) is 24.3 Å². The van der Waals surface area contributed by atoms with Gasteiger partial charge < -0.3 is 10.1 Å². The van der Waals surface area contributed by atoms with Gasteiger partial charge >= 0.3 is 0 Å². The predicted molar refractivity (Wildman–Crippen MR) is 68.1 cm³/mol. The Morgan fingerprint density at radius 2 is 2.24 bits per heavy atom. The van der Waals surface area contributed by atoms with Crippen molar-refractivity contribution in [3.8, 4) is 5.88 Å². The van der Waals surface area contributed by atoms with Crippen LogP contribution in [0.2, 0.25) is 0 Å². The first-order valence-corrected chi connectivity index (χ1v) is 6.21. The summed E-state index contributed by atoms with van der Waals surface area (Å²) in [6.07, 6.45) is 4.22. The summed E-state index contributed by atoms with van der Waals surface area (Å²) in [5.74, 6) is 0.753. The number of aromatic nitrogens is 1. The zero-order chi connectivity index (χ0) is 12.1. The molecule has 1 aromatic rings. The number of nitrogens with zero attached hydrogens (tertiary/aromatic N) is 2. The summed E-state index contributed by atoms with van der Waals surface area (Å²) in [5.41, 5.74) is 1.18. The zero-order valence-corrected chi connectivity index (χ0v) is 10.6. The maximum absolute atomic E-state index is 5.28. The van der Waals surface area contributed by atoms with Gasteiger partial charge in [-0.05, 0) is 39.0 Å². The van der Waals surface area contributed by atoms with Gasteiger partial charge in [0.05, 0.1) is 7.11 Å². The lowest BCUT2D eigenvalue weighted by molar-refractivity contribution is 0.192. The zero-order valence-electron chi connectivity index (χ0n) is 10.6. The molecule has 0 saturated carbocycles. The minimum atomic E-state index is 0.682. The maximum Gasteiger partial charge on any atom is 0.217 e. The molecule has 17 heavy (non-hydrogen) atoms.